The average molecular weight is 260 g/mol. The van der Waals surface area contributed by atoms with Gasteiger partial charge in [0.2, 0.25) is 0 Å². The molecular formula is C16H24N2O. The lowest BCUT2D eigenvalue weighted by Crippen LogP contribution is -2.36. The largest absolute Gasteiger partial charge is 0.378 e. The molecule has 1 aromatic rings. The fourth-order valence-corrected chi connectivity index (χ4v) is 2.54. The van der Waals surface area contributed by atoms with Gasteiger partial charge >= 0.3 is 0 Å². The predicted molar refractivity (Wildman–Crippen MR) is 78.5 cm³/mol. The number of hydrogen-bond donors (Lipinski definition) is 1. The number of anilines is 1. The van der Waals surface area contributed by atoms with E-state index in [9.17, 15) is 0 Å². The number of ether oxygens (including phenoxy) is 1. The van der Waals surface area contributed by atoms with Gasteiger partial charge in [0.05, 0.1) is 13.2 Å². The van der Waals surface area contributed by atoms with Crippen molar-refractivity contribution in [1.82, 2.24) is 5.32 Å². The summed E-state index contributed by atoms with van der Waals surface area (Å²) in [6.07, 6.45) is 2.77. The Hall–Kier alpha value is -1.06. The first kappa shape index (κ1) is 12.9. The lowest BCUT2D eigenvalue weighted by Gasteiger charge is -2.28. The van der Waals surface area contributed by atoms with Crippen LogP contribution in [0.4, 0.5) is 5.69 Å². The van der Waals surface area contributed by atoms with Gasteiger partial charge in [-0.15, -0.1) is 0 Å². The Morgan fingerprint density at radius 1 is 1.16 bits per heavy atom. The van der Waals surface area contributed by atoms with Crippen molar-refractivity contribution in [2.75, 3.05) is 37.7 Å². The standard InChI is InChI=1S/C16H24N2O/c1-16(6-7-16)13-17-12-14-2-4-15(5-3-14)18-8-10-19-11-9-18/h2-5,17H,6-13H2,1H3. The summed E-state index contributed by atoms with van der Waals surface area (Å²) in [6.45, 7) is 8.22. The Labute approximate surface area is 115 Å². The first-order valence-corrected chi connectivity index (χ1v) is 7.38. The summed E-state index contributed by atoms with van der Waals surface area (Å²) in [5.74, 6) is 0. The molecule has 0 aromatic heterocycles. The van der Waals surface area contributed by atoms with Crippen molar-refractivity contribution in [3.05, 3.63) is 29.8 Å². The maximum absolute atomic E-state index is 5.38. The van der Waals surface area contributed by atoms with Crippen molar-refractivity contribution in [2.24, 2.45) is 5.41 Å². The van der Waals surface area contributed by atoms with Crippen molar-refractivity contribution in [1.29, 1.82) is 0 Å². The maximum atomic E-state index is 5.38. The van der Waals surface area contributed by atoms with Gasteiger partial charge in [-0.1, -0.05) is 19.1 Å². The van der Waals surface area contributed by atoms with Crippen LogP contribution in [0.25, 0.3) is 0 Å². The molecule has 1 saturated heterocycles. The molecule has 2 aliphatic rings. The molecule has 0 spiro atoms. The number of morpholine rings is 1. The number of hydrogen-bond acceptors (Lipinski definition) is 3. The highest BCUT2D eigenvalue weighted by molar-refractivity contribution is 5.47. The summed E-state index contributed by atoms with van der Waals surface area (Å²) in [6, 6.07) is 8.96. The van der Waals surface area contributed by atoms with Gasteiger partial charge in [-0.2, -0.15) is 0 Å². The minimum atomic E-state index is 0.591. The second kappa shape index (κ2) is 5.51. The summed E-state index contributed by atoms with van der Waals surface area (Å²) < 4.78 is 5.38. The van der Waals surface area contributed by atoms with Gasteiger partial charge in [0, 0.05) is 31.9 Å². The summed E-state index contributed by atoms with van der Waals surface area (Å²) >= 11 is 0. The van der Waals surface area contributed by atoms with Crippen LogP contribution in [0.15, 0.2) is 24.3 Å². The zero-order chi connectivity index (χ0) is 13.1. The molecule has 1 heterocycles. The molecule has 1 aliphatic heterocycles. The molecule has 2 fully saturated rings. The highest BCUT2D eigenvalue weighted by Gasteiger charge is 2.36. The molecule has 1 aliphatic carbocycles. The van der Waals surface area contributed by atoms with Crippen LogP contribution in [0.2, 0.25) is 0 Å². The van der Waals surface area contributed by atoms with Gasteiger partial charge in [0.15, 0.2) is 0 Å². The smallest absolute Gasteiger partial charge is 0.0642 e. The molecule has 0 atom stereocenters. The molecule has 1 aromatic carbocycles. The number of nitrogens with one attached hydrogen (secondary N) is 1. The van der Waals surface area contributed by atoms with E-state index < -0.39 is 0 Å². The summed E-state index contributed by atoms with van der Waals surface area (Å²) in [4.78, 5) is 2.39. The van der Waals surface area contributed by atoms with E-state index in [2.05, 4.69) is 41.4 Å². The fraction of sp³-hybridized carbons (Fsp3) is 0.625. The van der Waals surface area contributed by atoms with Crippen LogP contribution in [0.1, 0.15) is 25.3 Å². The van der Waals surface area contributed by atoms with Crippen molar-refractivity contribution in [3.8, 4) is 0 Å². The van der Waals surface area contributed by atoms with Crippen molar-refractivity contribution < 1.29 is 4.74 Å². The highest BCUT2D eigenvalue weighted by Crippen LogP contribution is 2.44. The second-order valence-electron chi connectivity index (χ2n) is 6.18. The molecule has 3 nitrogen and oxygen atoms in total. The third kappa shape index (κ3) is 3.48. The molecule has 3 rings (SSSR count). The Morgan fingerprint density at radius 2 is 1.84 bits per heavy atom. The van der Waals surface area contributed by atoms with Crippen LogP contribution in [0, 0.1) is 5.41 Å². The molecule has 0 radical (unpaired) electrons. The van der Waals surface area contributed by atoms with Crippen LogP contribution in [0.3, 0.4) is 0 Å². The first-order chi connectivity index (χ1) is 9.25. The molecule has 3 heteroatoms. The summed E-state index contributed by atoms with van der Waals surface area (Å²) in [5.41, 5.74) is 3.29. The van der Waals surface area contributed by atoms with E-state index in [1.807, 2.05) is 0 Å². The molecule has 104 valence electrons. The van der Waals surface area contributed by atoms with Gasteiger partial charge in [-0.25, -0.2) is 0 Å². The zero-order valence-corrected chi connectivity index (χ0v) is 11.8. The monoisotopic (exact) mass is 260 g/mol. The third-order valence-electron chi connectivity index (χ3n) is 4.30. The van der Waals surface area contributed by atoms with Crippen LogP contribution >= 0.6 is 0 Å². The molecule has 1 N–H and O–H groups in total. The van der Waals surface area contributed by atoms with E-state index in [4.69, 9.17) is 4.74 Å². The number of rotatable bonds is 5. The van der Waals surface area contributed by atoms with Gasteiger partial charge in [-0.05, 0) is 36.0 Å². The Balaban J connectivity index is 1.50. The molecule has 0 unspecified atom stereocenters. The van der Waals surface area contributed by atoms with Crippen LogP contribution in [-0.4, -0.2) is 32.8 Å². The predicted octanol–water partition coefficient (Wildman–Crippen LogP) is 2.41. The quantitative estimate of drug-likeness (QED) is 0.880. The summed E-state index contributed by atoms with van der Waals surface area (Å²) in [5, 5.41) is 3.57. The minimum Gasteiger partial charge on any atom is -0.378 e. The Kier molecular flexibility index (Phi) is 3.76. The average Bonchev–Trinajstić information content (AvgIpc) is 3.19. The van der Waals surface area contributed by atoms with Crippen molar-refractivity contribution in [2.45, 2.75) is 26.3 Å². The molecule has 19 heavy (non-hydrogen) atoms. The van der Waals surface area contributed by atoms with E-state index in [1.54, 1.807) is 0 Å². The minimum absolute atomic E-state index is 0.591. The lowest BCUT2D eigenvalue weighted by molar-refractivity contribution is 0.122. The van der Waals surface area contributed by atoms with Gasteiger partial charge in [0.1, 0.15) is 0 Å². The molecule has 1 saturated carbocycles. The van der Waals surface area contributed by atoms with Crippen LogP contribution in [0.5, 0.6) is 0 Å². The van der Waals surface area contributed by atoms with Crippen LogP contribution < -0.4 is 10.2 Å². The first-order valence-electron chi connectivity index (χ1n) is 7.38. The van der Waals surface area contributed by atoms with Gasteiger partial charge in [-0.3, -0.25) is 0 Å². The van der Waals surface area contributed by atoms with Gasteiger partial charge < -0.3 is 15.0 Å². The topological polar surface area (TPSA) is 24.5 Å². The highest BCUT2D eigenvalue weighted by atomic mass is 16.5. The molecule has 0 bridgehead atoms. The SMILES string of the molecule is CC1(CNCc2ccc(N3CCOCC3)cc2)CC1. The summed E-state index contributed by atoms with van der Waals surface area (Å²) in [7, 11) is 0. The number of benzene rings is 1. The van der Waals surface area contributed by atoms with E-state index in [0.29, 0.717) is 5.41 Å². The van der Waals surface area contributed by atoms with E-state index in [0.717, 1.165) is 39.4 Å². The fourth-order valence-electron chi connectivity index (χ4n) is 2.54. The van der Waals surface area contributed by atoms with E-state index in [-0.39, 0.29) is 0 Å². The van der Waals surface area contributed by atoms with Crippen LogP contribution in [-0.2, 0) is 11.3 Å². The molecular weight excluding hydrogens is 236 g/mol. The normalized spacial score (nSPS) is 21.4. The maximum Gasteiger partial charge on any atom is 0.0642 e. The third-order valence-corrected chi connectivity index (χ3v) is 4.30. The van der Waals surface area contributed by atoms with Crippen molar-refractivity contribution in [3.63, 3.8) is 0 Å². The molecule has 0 amide bonds. The lowest BCUT2D eigenvalue weighted by atomic mass is 10.1. The van der Waals surface area contributed by atoms with E-state index in [1.165, 1.54) is 24.1 Å². The van der Waals surface area contributed by atoms with Crippen molar-refractivity contribution >= 4 is 5.69 Å². The Morgan fingerprint density at radius 3 is 2.47 bits per heavy atom. The van der Waals surface area contributed by atoms with E-state index >= 15 is 0 Å². The zero-order valence-electron chi connectivity index (χ0n) is 11.8. The number of nitrogens with zero attached hydrogens (tertiary/aromatic N) is 1. The Bertz CT molecular complexity index is 405. The second-order valence-corrected chi connectivity index (χ2v) is 6.18. The van der Waals surface area contributed by atoms with Gasteiger partial charge in [0.25, 0.3) is 0 Å².